The molecule has 10 heteroatoms. The number of rotatable bonds is 6. The normalized spacial score (nSPS) is 10.4. The minimum absolute atomic E-state index is 0.0384. The summed E-state index contributed by atoms with van der Waals surface area (Å²) < 4.78 is 1.43. The lowest BCUT2D eigenvalue weighted by Crippen LogP contribution is -2.13. The van der Waals surface area contributed by atoms with Gasteiger partial charge >= 0.3 is 0 Å². The van der Waals surface area contributed by atoms with Crippen molar-refractivity contribution in [2.75, 3.05) is 10.6 Å². The second-order valence-corrected chi connectivity index (χ2v) is 6.40. The number of nitro groups is 1. The van der Waals surface area contributed by atoms with Gasteiger partial charge < -0.3 is 10.6 Å². The van der Waals surface area contributed by atoms with Crippen molar-refractivity contribution in [1.29, 1.82) is 0 Å². The lowest BCUT2D eigenvalue weighted by atomic mass is 10.2. The van der Waals surface area contributed by atoms with E-state index in [0.717, 1.165) is 0 Å². The molecule has 0 radical (unpaired) electrons. The third-order valence-corrected chi connectivity index (χ3v) is 4.32. The summed E-state index contributed by atoms with van der Waals surface area (Å²) >= 11 is 6.14. The number of nitrogens with zero attached hydrogens (tertiary/aromatic N) is 3. The minimum atomic E-state index is -0.494. The number of anilines is 2. The molecule has 0 saturated carbocycles. The van der Waals surface area contributed by atoms with Gasteiger partial charge in [0.1, 0.15) is 0 Å². The molecule has 9 nitrogen and oxygen atoms in total. The fraction of sp³-hybridized carbons (Fsp3) is 0.105. The standard InChI is InChI=1S/C19H16ClN5O4/c1-2-18(26)22-13-3-8-16(20)17(9-13)23-19(27)12-10-21-24(11-12)14-4-6-15(7-5-14)25(28)29/h3-11H,2H2,1H3,(H,22,26)(H,23,27). The SMILES string of the molecule is CCC(=O)Nc1ccc(Cl)c(NC(=O)c2cnn(-c3ccc([N+](=O)[O-])cc3)c2)c1. The van der Waals surface area contributed by atoms with Crippen LogP contribution in [0.5, 0.6) is 0 Å². The van der Waals surface area contributed by atoms with E-state index in [1.54, 1.807) is 25.1 Å². The molecule has 0 spiro atoms. The third kappa shape index (κ3) is 4.77. The Hall–Kier alpha value is -3.72. The number of aromatic nitrogens is 2. The van der Waals surface area contributed by atoms with Crippen LogP contribution in [0.25, 0.3) is 5.69 Å². The highest BCUT2D eigenvalue weighted by Crippen LogP contribution is 2.26. The molecular formula is C19H16ClN5O4. The van der Waals surface area contributed by atoms with Gasteiger partial charge in [0.05, 0.1) is 33.1 Å². The molecule has 2 N–H and O–H groups in total. The summed E-state index contributed by atoms with van der Waals surface area (Å²) in [5.74, 6) is -0.604. The van der Waals surface area contributed by atoms with Crippen LogP contribution in [0.1, 0.15) is 23.7 Å². The summed E-state index contributed by atoms with van der Waals surface area (Å²) in [6, 6.07) is 10.5. The van der Waals surface area contributed by atoms with Gasteiger partial charge in [0.15, 0.2) is 0 Å². The Morgan fingerprint density at radius 1 is 1.17 bits per heavy atom. The molecule has 1 heterocycles. The molecule has 0 aliphatic carbocycles. The van der Waals surface area contributed by atoms with Gasteiger partial charge in [0, 0.05) is 30.4 Å². The van der Waals surface area contributed by atoms with E-state index in [1.807, 2.05) is 0 Å². The van der Waals surface area contributed by atoms with Gasteiger partial charge in [-0.15, -0.1) is 0 Å². The highest BCUT2D eigenvalue weighted by Gasteiger charge is 2.13. The van der Waals surface area contributed by atoms with Crippen molar-refractivity contribution in [3.63, 3.8) is 0 Å². The smallest absolute Gasteiger partial charge is 0.269 e. The maximum atomic E-state index is 12.5. The van der Waals surface area contributed by atoms with Crippen molar-refractivity contribution in [1.82, 2.24) is 9.78 Å². The summed E-state index contributed by atoms with van der Waals surface area (Å²) in [4.78, 5) is 34.3. The van der Waals surface area contributed by atoms with Gasteiger partial charge in [0.25, 0.3) is 11.6 Å². The fourth-order valence-electron chi connectivity index (χ4n) is 2.45. The van der Waals surface area contributed by atoms with Crippen molar-refractivity contribution in [2.45, 2.75) is 13.3 Å². The zero-order chi connectivity index (χ0) is 21.0. The maximum Gasteiger partial charge on any atom is 0.269 e. The number of hydrogen-bond donors (Lipinski definition) is 2. The molecule has 0 atom stereocenters. The third-order valence-electron chi connectivity index (χ3n) is 3.99. The molecule has 0 saturated heterocycles. The number of benzene rings is 2. The van der Waals surface area contributed by atoms with Crippen LogP contribution in [0.15, 0.2) is 54.9 Å². The van der Waals surface area contributed by atoms with Crippen molar-refractivity contribution >= 4 is 40.5 Å². The molecule has 1 aromatic heterocycles. The zero-order valence-electron chi connectivity index (χ0n) is 15.3. The Morgan fingerprint density at radius 3 is 2.55 bits per heavy atom. The van der Waals surface area contributed by atoms with Crippen LogP contribution in [0, 0.1) is 10.1 Å². The Balaban J connectivity index is 1.76. The quantitative estimate of drug-likeness (QED) is 0.467. The molecule has 3 aromatic rings. The lowest BCUT2D eigenvalue weighted by Gasteiger charge is -2.09. The van der Waals surface area contributed by atoms with E-state index in [9.17, 15) is 19.7 Å². The predicted molar refractivity (Wildman–Crippen MR) is 109 cm³/mol. The van der Waals surface area contributed by atoms with E-state index in [1.165, 1.54) is 41.3 Å². The van der Waals surface area contributed by atoms with Gasteiger partial charge in [-0.05, 0) is 30.3 Å². The molecule has 0 fully saturated rings. The van der Waals surface area contributed by atoms with Crippen LogP contribution in [-0.4, -0.2) is 26.5 Å². The van der Waals surface area contributed by atoms with E-state index >= 15 is 0 Å². The molecule has 2 amide bonds. The number of hydrogen-bond acceptors (Lipinski definition) is 5. The number of nitrogens with one attached hydrogen (secondary N) is 2. The Labute approximate surface area is 170 Å². The monoisotopic (exact) mass is 413 g/mol. The van der Waals surface area contributed by atoms with Crippen molar-refractivity contribution in [3.05, 3.63) is 75.6 Å². The number of carbonyl (C=O) groups is 2. The summed E-state index contributed by atoms with van der Waals surface area (Å²) in [5.41, 5.74) is 1.65. The largest absolute Gasteiger partial charge is 0.326 e. The van der Waals surface area contributed by atoms with Crippen LogP contribution < -0.4 is 10.6 Å². The van der Waals surface area contributed by atoms with Crippen LogP contribution >= 0.6 is 11.6 Å². The average Bonchev–Trinajstić information content (AvgIpc) is 3.21. The topological polar surface area (TPSA) is 119 Å². The highest BCUT2D eigenvalue weighted by atomic mass is 35.5. The first-order valence-electron chi connectivity index (χ1n) is 8.57. The number of carbonyl (C=O) groups excluding carboxylic acids is 2. The molecule has 0 aliphatic rings. The number of amides is 2. The molecule has 0 bridgehead atoms. The second-order valence-electron chi connectivity index (χ2n) is 6.00. The molecule has 2 aromatic carbocycles. The molecule has 3 rings (SSSR count). The Bertz CT molecular complexity index is 1080. The van der Waals surface area contributed by atoms with Crippen LogP contribution in [0.3, 0.4) is 0 Å². The van der Waals surface area contributed by atoms with Gasteiger partial charge in [-0.1, -0.05) is 18.5 Å². The average molecular weight is 414 g/mol. The van der Waals surface area contributed by atoms with Crippen molar-refractivity contribution in [3.8, 4) is 5.69 Å². The number of nitro benzene ring substituents is 1. The minimum Gasteiger partial charge on any atom is -0.326 e. The molecule has 0 aliphatic heterocycles. The summed E-state index contributed by atoms with van der Waals surface area (Å²) in [6.45, 7) is 1.73. The van der Waals surface area contributed by atoms with E-state index in [4.69, 9.17) is 11.6 Å². The van der Waals surface area contributed by atoms with Crippen LogP contribution in [-0.2, 0) is 4.79 Å². The summed E-state index contributed by atoms with van der Waals surface area (Å²) in [5, 5.41) is 20.5. The predicted octanol–water partition coefficient (Wildman–Crippen LogP) is 4.03. The van der Waals surface area contributed by atoms with Crippen LogP contribution in [0.4, 0.5) is 17.1 Å². The number of halogens is 1. The van der Waals surface area contributed by atoms with E-state index < -0.39 is 10.8 Å². The Morgan fingerprint density at radius 2 is 1.90 bits per heavy atom. The van der Waals surface area contributed by atoms with E-state index in [0.29, 0.717) is 28.5 Å². The van der Waals surface area contributed by atoms with Gasteiger partial charge in [-0.2, -0.15) is 5.10 Å². The van der Waals surface area contributed by atoms with Gasteiger partial charge in [-0.25, -0.2) is 4.68 Å². The summed E-state index contributed by atoms with van der Waals surface area (Å²) in [7, 11) is 0. The zero-order valence-corrected chi connectivity index (χ0v) is 16.0. The maximum absolute atomic E-state index is 12.5. The highest BCUT2D eigenvalue weighted by molar-refractivity contribution is 6.34. The summed E-state index contributed by atoms with van der Waals surface area (Å²) in [6.07, 6.45) is 3.19. The first-order chi connectivity index (χ1) is 13.9. The first kappa shape index (κ1) is 20.0. The molecule has 29 heavy (non-hydrogen) atoms. The molecule has 148 valence electrons. The first-order valence-corrected chi connectivity index (χ1v) is 8.95. The van der Waals surface area contributed by atoms with Gasteiger partial charge in [-0.3, -0.25) is 19.7 Å². The molecule has 0 unspecified atom stereocenters. The van der Waals surface area contributed by atoms with Crippen LogP contribution in [0.2, 0.25) is 5.02 Å². The van der Waals surface area contributed by atoms with Crippen molar-refractivity contribution in [2.24, 2.45) is 0 Å². The van der Waals surface area contributed by atoms with Gasteiger partial charge in [0.2, 0.25) is 5.91 Å². The lowest BCUT2D eigenvalue weighted by molar-refractivity contribution is -0.384. The molecular weight excluding hydrogens is 398 g/mol. The van der Waals surface area contributed by atoms with E-state index in [2.05, 4.69) is 15.7 Å². The number of non-ortho nitro benzene ring substituents is 1. The second kappa shape index (κ2) is 8.53. The van der Waals surface area contributed by atoms with Crippen molar-refractivity contribution < 1.29 is 14.5 Å². The fourth-order valence-corrected chi connectivity index (χ4v) is 2.62. The van der Waals surface area contributed by atoms with E-state index in [-0.39, 0.29) is 17.2 Å². The Kier molecular flexibility index (Phi) is 5.89.